The van der Waals surface area contributed by atoms with Crippen molar-refractivity contribution < 1.29 is 4.92 Å². The van der Waals surface area contributed by atoms with Crippen molar-refractivity contribution in [1.82, 2.24) is 0 Å². The number of nitro groups is 1. The molecule has 3 N–H and O–H groups in total. The van der Waals surface area contributed by atoms with Crippen molar-refractivity contribution in [2.45, 2.75) is 31.8 Å². The molecule has 0 atom stereocenters. The highest BCUT2D eigenvalue weighted by Gasteiger charge is 2.26. The normalized spacial score (nSPS) is 23.6. The van der Waals surface area contributed by atoms with Crippen LogP contribution >= 0.6 is 0 Å². The van der Waals surface area contributed by atoms with Gasteiger partial charge in [0.25, 0.3) is 5.69 Å². The molecule has 0 spiro atoms. The summed E-state index contributed by atoms with van der Waals surface area (Å²) in [5.41, 5.74) is 7.67. The molecular weight excluding hydrogens is 206 g/mol. The van der Waals surface area contributed by atoms with Crippen LogP contribution in [0.25, 0.3) is 0 Å². The lowest BCUT2D eigenvalue weighted by Crippen LogP contribution is -2.44. The topological polar surface area (TPSA) is 81.2 Å². The van der Waals surface area contributed by atoms with E-state index in [9.17, 15) is 10.1 Å². The van der Waals surface area contributed by atoms with Crippen LogP contribution in [0.2, 0.25) is 0 Å². The Labute approximate surface area is 93.8 Å². The number of aryl methyl sites for hydroxylation is 1. The predicted molar refractivity (Wildman–Crippen MR) is 62.5 cm³/mol. The summed E-state index contributed by atoms with van der Waals surface area (Å²) in [4.78, 5) is 10.3. The van der Waals surface area contributed by atoms with Gasteiger partial charge in [-0.3, -0.25) is 10.1 Å². The first-order valence-corrected chi connectivity index (χ1v) is 5.33. The monoisotopic (exact) mass is 221 g/mol. The fraction of sp³-hybridized carbons (Fsp3) is 0.455. The predicted octanol–water partition coefficient (Wildman–Crippen LogP) is 1.80. The summed E-state index contributed by atoms with van der Waals surface area (Å²) in [5.74, 6) is 0. The van der Waals surface area contributed by atoms with Crippen molar-refractivity contribution in [3.05, 3.63) is 33.9 Å². The molecule has 5 nitrogen and oxygen atoms in total. The third-order valence-corrected chi connectivity index (χ3v) is 2.97. The van der Waals surface area contributed by atoms with E-state index in [0.29, 0.717) is 6.04 Å². The van der Waals surface area contributed by atoms with E-state index in [0.717, 1.165) is 24.1 Å². The number of anilines is 1. The summed E-state index contributed by atoms with van der Waals surface area (Å²) < 4.78 is 0. The molecule has 0 radical (unpaired) electrons. The molecule has 1 aromatic carbocycles. The van der Waals surface area contributed by atoms with E-state index in [-0.39, 0.29) is 16.7 Å². The van der Waals surface area contributed by atoms with Gasteiger partial charge >= 0.3 is 0 Å². The molecule has 1 aliphatic carbocycles. The van der Waals surface area contributed by atoms with E-state index in [2.05, 4.69) is 5.32 Å². The first-order chi connectivity index (χ1) is 7.56. The van der Waals surface area contributed by atoms with E-state index < -0.39 is 0 Å². The Bertz CT molecular complexity index is 414. The molecule has 16 heavy (non-hydrogen) atoms. The van der Waals surface area contributed by atoms with Gasteiger partial charge in [0.1, 0.15) is 0 Å². The first kappa shape index (κ1) is 10.9. The van der Waals surface area contributed by atoms with Gasteiger partial charge in [0.05, 0.1) is 4.92 Å². The summed E-state index contributed by atoms with van der Waals surface area (Å²) in [5, 5.41) is 13.9. The van der Waals surface area contributed by atoms with Crippen molar-refractivity contribution in [1.29, 1.82) is 0 Å². The molecule has 0 bridgehead atoms. The number of rotatable bonds is 3. The fourth-order valence-corrected chi connectivity index (χ4v) is 1.88. The van der Waals surface area contributed by atoms with Gasteiger partial charge in [-0.05, 0) is 25.3 Å². The number of benzene rings is 1. The van der Waals surface area contributed by atoms with Crippen LogP contribution in [-0.4, -0.2) is 17.0 Å². The minimum Gasteiger partial charge on any atom is -0.382 e. The van der Waals surface area contributed by atoms with Gasteiger partial charge in [0, 0.05) is 29.9 Å². The third kappa shape index (κ3) is 2.14. The maximum absolute atomic E-state index is 10.6. The largest absolute Gasteiger partial charge is 0.382 e. The molecule has 0 unspecified atom stereocenters. The van der Waals surface area contributed by atoms with E-state index in [1.807, 2.05) is 6.92 Å². The Morgan fingerprint density at radius 1 is 1.50 bits per heavy atom. The van der Waals surface area contributed by atoms with E-state index in [1.54, 1.807) is 12.1 Å². The Morgan fingerprint density at radius 2 is 2.19 bits per heavy atom. The van der Waals surface area contributed by atoms with Gasteiger partial charge in [-0.2, -0.15) is 0 Å². The second kappa shape index (κ2) is 4.09. The molecule has 0 aromatic heterocycles. The molecule has 1 aromatic rings. The lowest BCUT2D eigenvalue weighted by molar-refractivity contribution is -0.384. The van der Waals surface area contributed by atoms with Crippen molar-refractivity contribution >= 4 is 11.4 Å². The number of nitrogens with one attached hydrogen (secondary N) is 1. The van der Waals surface area contributed by atoms with Crippen molar-refractivity contribution in [3.63, 3.8) is 0 Å². The number of nitrogens with zero attached hydrogens (tertiary/aromatic N) is 1. The number of nitro benzene ring substituents is 1. The van der Waals surface area contributed by atoms with Crippen molar-refractivity contribution in [2.24, 2.45) is 5.73 Å². The Balaban J connectivity index is 2.12. The Kier molecular flexibility index (Phi) is 2.78. The van der Waals surface area contributed by atoms with Crippen LogP contribution in [0.4, 0.5) is 11.4 Å². The van der Waals surface area contributed by atoms with Crippen LogP contribution < -0.4 is 11.1 Å². The molecule has 0 aliphatic heterocycles. The Hall–Kier alpha value is -1.62. The Morgan fingerprint density at radius 3 is 2.75 bits per heavy atom. The van der Waals surface area contributed by atoms with Gasteiger partial charge in [0.15, 0.2) is 0 Å². The van der Waals surface area contributed by atoms with Gasteiger partial charge in [0.2, 0.25) is 0 Å². The average molecular weight is 221 g/mol. The summed E-state index contributed by atoms with van der Waals surface area (Å²) in [6.07, 6.45) is 1.87. The van der Waals surface area contributed by atoms with Crippen molar-refractivity contribution in [3.8, 4) is 0 Å². The SMILES string of the molecule is Cc1ccc([N+](=O)[O-])cc1NC1CC(N)C1. The minimum absolute atomic E-state index is 0.122. The maximum Gasteiger partial charge on any atom is 0.271 e. The highest BCUT2D eigenvalue weighted by atomic mass is 16.6. The molecular formula is C11H15N3O2. The zero-order valence-corrected chi connectivity index (χ0v) is 9.14. The summed E-state index contributed by atoms with van der Waals surface area (Å²) >= 11 is 0. The molecule has 86 valence electrons. The quantitative estimate of drug-likeness (QED) is 0.602. The molecule has 0 heterocycles. The zero-order chi connectivity index (χ0) is 11.7. The first-order valence-electron chi connectivity index (χ1n) is 5.33. The zero-order valence-electron chi connectivity index (χ0n) is 9.14. The van der Waals surface area contributed by atoms with Crippen LogP contribution in [0, 0.1) is 17.0 Å². The number of non-ortho nitro benzene ring substituents is 1. The minimum atomic E-state index is -0.378. The average Bonchev–Trinajstić information content (AvgIpc) is 2.18. The lowest BCUT2D eigenvalue weighted by atomic mass is 9.87. The number of hydrogen-bond donors (Lipinski definition) is 2. The van der Waals surface area contributed by atoms with Crippen LogP contribution in [0.5, 0.6) is 0 Å². The van der Waals surface area contributed by atoms with Crippen LogP contribution in [0.1, 0.15) is 18.4 Å². The van der Waals surface area contributed by atoms with E-state index in [1.165, 1.54) is 6.07 Å². The molecule has 1 saturated carbocycles. The maximum atomic E-state index is 10.6. The molecule has 5 heteroatoms. The van der Waals surface area contributed by atoms with Gasteiger partial charge in [-0.1, -0.05) is 6.07 Å². The smallest absolute Gasteiger partial charge is 0.271 e. The molecule has 1 fully saturated rings. The standard InChI is InChI=1S/C11H15N3O2/c1-7-2-3-10(14(15)16)6-11(7)13-9-4-8(12)5-9/h2-3,6,8-9,13H,4-5,12H2,1H3. The second-order valence-corrected chi connectivity index (χ2v) is 4.33. The van der Waals surface area contributed by atoms with Gasteiger partial charge in [-0.25, -0.2) is 0 Å². The highest BCUT2D eigenvalue weighted by molar-refractivity contribution is 5.57. The summed E-state index contributed by atoms with van der Waals surface area (Å²) in [6, 6.07) is 5.50. The molecule has 0 amide bonds. The van der Waals surface area contributed by atoms with Gasteiger partial charge < -0.3 is 11.1 Å². The lowest BCUT2D eigenvalue weighted by Gasteiger charge is -2.34. The summed E-state index contributed by atoms with van der Waals surface area (Å²) in [7, 11) is 0. The van der Waals surface area contributed by atoms with E-state index >= 15 is 0 Å². The third-order valence-electron chi connectivity index (χ3n) is 2.97. The second-order valence-electron chi connectivity index (χ2n) is 4.33. The van der Waals surface area contributed by atoms with Gasteiger partial charge in [-0.15, -0.1) is 0 Å². The number of hydrogen-bond acceptors (Lipinski definition) is 4. The molecule has 1 aliphatic rings. The van der Waals surface area contributed by atoms with Crippen molar-refractivity contribution in [2.75, 3.05) is 5.32 Å². The molecule has 0 saturated heterocycles. The number of nitrogens with two attached hydrogens (primary N) is 1. The fourth-order valence-electron chi connectivity index (χ4n) is 1.88. The summed E-state index contributed by atoms with van der Waals surface area (Å²) in [6.45, 7) is 1.94. The van der Waals surface area contributed by atoms with E-state index in [4.69, 9.17) is 5.73 Å². The highest BCUT2D eigenvalue weighted by Crippen LogP contribution is 2.27. The van der Waals surface area contributed by atoms with Crippen LogP contribution in [0.3, 0.4) is 0 Å². The van der Waals surface area contributed by atoms with Crippen LogP contribution in [-0.2, 0) is 0 Å². The van der Waals surface area contributed by atoms with Crippen LogP contribution in [0.15, 0.2) is 18.2 Å². The molecule has 2 rings (SSSR count).